The van der Waals surface area contributed by atoms with Crippen LogP contribution in [0.5, 0.6) is 0 Å². The van der Waals surface area contributed by atoms with Crippen molar-refractivity contribution in [1.29, 1.82) is 0 Å². The predicted molar refractivity (Wildman–Crippen MR) is 125 cm³/mol. The molecular formula is C26H32FN3O3. The average Bonchev–Trinajstić information content (AvgIpc) is 2.81. The molecule has 0 saturated carbocycles. The smallest absolute Gasteiger partial charge is 0.253 e. The average molecular weight is 454 g/mol. The van der Waals surface area contributed by atoms with Crippen molar-refractivity contribution in [3.63, 3.8) is 0 Å². The third kappa shape index (κ3) is 6.63. The molecule has 1 aliphatic rings. The maximum Gasteiger partial charge on any atom is 0.253 e. The van der Waals surface area contributed by atoms with Crippen LogP contribution in [0, 0.1) is 24.6 Å². The fourth-order valence-electron chi connectivity index (χ4n) is 3.98. The van der Waals surface area contributed by atoms with Gasteiger partial charge >= 0.3 is 0 Å². The van der Waals surface area contributed by atoms with E-state index in [1.54, 1.807) is 23.1 Å². The summed E-state index contributed by atoms with van der Waals surface area (Å²) in [5, 5.41) is 5.86. The lowest BCUT2D eigenvalue weighted by Gasteiger charge is -2.36. The summed E-state index contributed by atoms with van der Waals surface area (Å²) in [4.78, 5) is 40.3. The van der Waals surface area contributed by atoms with Crippen molar-refractivity contribution in [1.82, 2.24) is 15.5 Å². The highest BCUT2D eigenvalue weighted by Crippen LogP contribution is 2.23. The van der Waals surface area contributed by atoms with Gasteiger partial charge < -0.3 is 15.5 Å². The van der Waals surface area contributed by atoms with Crippen molar-refractivity contribution in [3.05, 3.63) is 71.0 Å². The molecule has 7 heteroatoms. The third-order valence-electron chi connectivity index (χ3n) is 5.94. The molecule has 176 valence electrons. The zero-order valence-corrected chi connectivity index (χ0v) is 19.4. The van der Waals surface area contributed by atoms with E-state index >= 15 is 0 Å². The Balaban J connectivity index is 1.68. The number of amides is 3. The number of nitrogens with one attached hydrogen (secondary N) is 2. The molecule has 3 amide bonds. The third-order valence-corrected chi connectivity index (χ3v) is 5.94. The largest absolute Gasteiger partial charge is 0.354 e. The van der Waals surface area contributed by atoms with Crippen molar-refractivity contribution in [2.45, 2.75) is 39.7 Å². The maximum absolute atomic E-state index is 13.5. The summed E-state index contributed by atoms with van der Waals surface area (Å²) in [7, 11) is 0. The Bertz CT molecular complexity index is 983. The van der Waals surface area contributed by atoms with E-state index in [9.17, 15) is 18.8 Å². The lowest BCUT2D eigenvalue weighted by Crippen LogP contribution is -2.54. The van der Waals surface area contributed by atoms with Gasteiger partial charge in [-0.1, -0.05) is 37.6 Å². The molecule has 0 spiro atoms. The van der Waals surface area contributed by atoms with Gasteiger partial charge in [0.05, 0.1) is 0 Å². The molecular weight excluding hydrogens is 421 g/mol. The lowest BCUT2D eigenvalue weighted by molar-refractivity contribution is -0.124. The number of carbonyl (C=O) groups is 3. The van der Waals surface area contributed by atoms with E-state index in [0.717, 1.165) is 5.56 Å². The number of hydrogen-bond donors (Lipinski definition) is 2. The van der Waals surface area contributed by atoms with Crippen LogP contribution in [0.25, 0.3) is 0 Å². The Kier molecular flexibility index (Phi) is 8.20. The van der Waals surface area contributed by atoms with Crippen molar-refractivity contribution < 1.29 is 18.8 Å². The van der Waals surface area contributed by atoms with E-state index in [2.05, 4.69) is 10.6 Å². The van der Waals surface area contributed by atoms with Gasteiger partial charge in [-0.25, -0.2) is 4.39 Å². The summed E-state index contributed by atoms with van der Waals surface area (Å²) in [6.07, 6.45) is 1.13. The van der Waals surface area contributed by atoms with Gasteiger partial charge in [0.2, 0.25) is 5.91 Å². The molecule has 0 radical (unpaired) electrons. The van der Waals surface area contributed by atoms with Crippen LogP contribution < -0.4 is 10.6 Å². The molecule has 2 aromatic rings. The second-order valence-electron chi connectivity index (χ2n) is 9.10. The van der Waals surface area contributed by atoms with Gasteiger partial charge in [-0.2, -0.15) is 0 Å². The first kappa shape index (κ1) is 24.4. The Hall–Kier alpha value is -3.22. The molecule has 6 nitrogen and oxygen atoms in total. The van der Waals surface area contributed by atoms with Gasteiger partial charge in [-0.05, 0) is 61.9 Å². The molecule has 0 aromatic heterocycles. The van der Waals surface area contributed by atoms with Crippen LogP contribution in [0.3, 0.4) is 0 Å². The molecule has 1 atom stereocenters. The number of likely N-dealkylation sites (tertiary alicyclic amines) is 1. The molecule has 1 aliphatic heterocycles. The van der Waals surface area contributed by atoms with Crippen molar-refractivity contribution in [2.75, 3.05) is 19.6 Å². The highest BCUT2D eigenvalue weighted by atomic mass is 19.1. The number of benzene rings is 2. The number of aryl methyl sites for hydroxylation is 1. The molecule has 0 unspecified atom stereocenters. The highest BCUT2D eigenvalue weighted by Gasteiger charge is 2.34. The Morgan fingerprint density at radius 3 is 2.30 bits per heavy atom. The molecule has 2 aromatic carbocycles. The Labute approximate surface area is 194 Å². The SMILES string of the molecule is Cc1ccc(C(=O)N[C@H](C(=O)NCC(C)C)C2CCN(C(=O)c3cccc(F)c3)CC2)cc1. The highest BCUT2D eigenvalue weighted by molar-refractivity contribution is 5.97. The molecule has 33 heavy (non-hydrogen) atoms. The van der Waals surface area contributed by atoms with E-state index < -0.39 is 11.9 Å². The van der Waals surface area contributed by atoms with Crippen molar-refractivity contribution >= 4 is 17.7 Å². The fraction of sp³-hybridized carbons (Fsp3) is 0.423. The van der Waals surface area contributed by atoms with Gasteiger partial charge in [-0.3, -0.25) is 14.4 Å². The van der Waals surface area contributed by atoms with Crippen LogP contribution in [-0.4, -0.2) is 48.3 Å². The molecule has 1 fully saturated rings. The Morgan fingerprint density at radius 2 is 1.70 bits per heavy atom. The van der Waals surface area contributed by atoms with Crippen LogP contribution in [0.4, 0.5) is 4.39 Å². The topological polar surface area (TPSA) is 78.5 Å². The van der Waals surface area contributed by atoms with Crippen molar-refractivity contribution in [2.24, 2.45) is 11.8 Å². The molecule has 0 bridgehead atoms. The summed E-state index contributed by atoms with van der Waals surface area (Å²) < 4.78 is 13.5. The number of carbonyl (C=O) groups excluding carboxylic acids is 3. The first-order valence-corrected chi connectivity index (χ1v) is 11.4. The number of rotatable bonds is 7. The lowest BCUT2D eigenvalue weighted by atomic mass is 9.88. The second kappa shape index (κ2) is 11.1. The van der Waals surface area contributed by atoms with E-state index in [1.807, 2.05) is 32.9 Å². The number of nitrogens with zero attached hydrogens (tertiary/aromatic N) is 1. The van der Waals surface area contributed by atoms with E-state index in [4.69, 9.17) is 0 Å². The second-order valence-corrected chi connectivity index (χ2v) is 9.10. The standard InChI is InChI=1S/C26H32FN3O3/c1-17(2)16-28-25(32)23(29-24(31)20-9-7-18(3)8-10-20)19-11-13-30(14-12-19)26(33)21-5-4-6-22(27)15-21/h4-10,15,17,19,23H,11-14,16H2,1-3H3,(H,28,32)(H,29,31)/t23-/m0/s1. The zero-order chi connectivity index (χ0) is 24.0. The minimum absolute atomic E-state index is 0.108. The monoisotopic (exact) mass is 453 g/mol. The maximum atomic E-state index is 13.5. The van der Waals surface area contributed by atoms with Crippen LogP contribution in [0.2, 0.25) is 0 Å². The summed E-state index contributed by atoms with van der Waals surface area (Å²) in [6.45, 7) is 7.37. The van der Waals surface area contributed by atoms with Gasteiger partial charge in [0.15, 0.2) is 0 Å². The number of halogens is 1. The summed E-state index contributed by atoms with van der Waals surface area (Å²) in [5.41, 5.74) is 1.86. The first-order valence-electron chi connectivity index (χ1n) is 11.4. The molecule has 3 rings (SSSR count). The van der Waals surface area contributed by atoms with Crippen LogP contribution >= 0.6 is 0 Å². The number of piperidine rings is 1. The van der Waals surface area contributed by atoms with Gasteiger partial charge in [0.25, 0.3) is 11.8 Å². The molecule has 2 N–H and O–H groups in total. The van der Waals surface area contributed by atoms with E-state index in [0.29, 0.717) is 43.6 Å². The first-order chi connectivity index (χ1) is 15.7. The van der Waals surface area contributed by atoms with E-state index in [-0.39, 0.29) is 29.6 Å². The van der Waals surface area contributed by atoms with Gasteiger partial charge in [0, 0.05) is 30.8 Å². The zero-order valence-electron chi connectivity index (χ0n) is 19.4. The van der Waals surface area contributed by atoms with Crippen LogP contribution in [-0.2, 0) is 4.79 Å². The summed E-state index contributed by atoms with van der Waals surface area (Å²) in [5.74, 6) is -0.998. The number of hydrogen-bond acceptors (Lipinski definition) is 3. The quantitative estimate of drug-likeness (QED) is 0.673. The normalized spacial score (nSPS) is 15.2. The minimum Gasteiger partial charge on any atom is -0.354 e. The van der Waals surface area contributed by atoms with Gasteiger partial charge in [-0.15, -0.1) is 0 Å². The molecule has 1 heterocycles. The summed E-state index contributed by atoms with van der Waals surface area (Å²) in [6, 6.07) is 12.2. The molecule has 1 saturated heterocycles. The molecule has 0 aliphatic carbocycles. The predicted octanol–water partition coefficient (Wildman–Crippen LogP) is 3.56. The Morgan fingerprint density at radius 1 is 1.03 bits per heavy atom. The fourth-order valence-corrected chi connectivity index (χ4v) is 3.98. The minimum atomic E-state index is -0.691. The van der Waals surface area contributed by atoms with E-state index in [1.165, 1.54) is 18.2 Å². The van der Waals surface area contributed by atoms with Crippen molar-refractivity contribution in [3.8, 4) is 0 Å². The summed E-state index contributed by atoms with van der Waals surface area (Å²) >= 11 is 0. The van der Waals surface area contributed by atoms with Crippen LogP contribution in [0.1, 0.15) is 53.0 Å². The van der Waals surface area contributed by atoms with Crippen LogP contribution in [0.15, 0.2) is 48.5 Å². The van der Waals surface area contributed by atoms with Gasteiger partial charge in [0.1, 0.15) is 11.9 Å².